The molecule has 22 heavy (non-hydrogen) atoms. The quantitative estimate of drug-likeness (QED) is 0.819. The van der Waals surface area contributed by atoms with Gasteiger partial charge in [0.25, 0.3) is 0 Å². The Hall–Kier alpha value is -2.77. The number of rotatable bonds is 6. The molecule has 116 valence electrons. The predicted octanol–water partition coefficient (Wildman–Crippen LogP) is 0.880. The van der Waals surface area contributed by atoms with Crippen LogP contribution in [0.4, 0.5) is 0 Å². The maximum Gasteiger partial charge on any atom is 0.305 e. The lowest BCUT2D eigenvalue weighted by Gasteiger charge is -2.15. The lowest BCUT2D eigenvalue weighted by atomic mass is 10.2. The number of nitrogens with zero attached hydrogens (tertiary/aromatic N) is 4. The number of tetrazole rings is 1. The second-order valence-electron chi connectivity index (χ2n) is 4.98. The number of nitrogens with one attached hydrogen (secondary N) is 1. The van der Waals surface area contributed by atoms with Crippen LogP contribution in [0.15, 0.2) is 30.3 Å². The van der Waals surface area contributed by atoms with Crippen molar-refractivity contribution >= 4 is 11.9 Å². The molecule has 1 aromatic carbocycles. The van der Waals surface area contributed by atoms with Gasteiger partial charge in [0.1, 0.15) is 6.04 Å². The van der Waals surface area contributed by atoms with Crippen LogP contribution < -0.4 is 5.32 Å². The number of carbonyl (C=O) groups is 2. The van der Waals surface area contributed by atoms with E-state index in [1.54, 1.807) is 13.8 Å². The fourth-order valence-electron chi connectivity index (χ4n) is 1.87. The van der Waals surface area contributed by atoms with Gasteiger partial charge < -0.3 is 10.4 Å². The molecular weight excluding hydrogens is 286 g/mol. The Kier molecular flexibility index (Phi) is 4.82. The molecule has 0 aliphatic rings. The Morgan fingerprint density at radius 2 is 1.95 bits per heavy atom. The van der Waals surface area contributed by atoms with E-state index in [4.69, 9.17) is 5.11 Å². The molecule has 0 aliphatic carbocycles. The van der Waals surface area contributed by atoms with Crippen molar-refractivity contribution in [1.29, 1.82) is 0 Å². The number of hydrogen-bond donors (Lipinski definition) is 2. The van der Waals surface area contributed by atoms with Crippen molar-refractivity contribution in [2.45, 2.75) is 32.4 Å². The number of benzene rings is 1. The summed E-state index contributed by atoms with van der Waals surface area (Å²) < 4.78 is 0. The van der Waals surface area contributed by atoms with E-state index in [0.29, 0.717) is 5.82 Å². The van der Waals surface area contributed by atoms with Crippen molar-refractivity contribution in [1.82, 2.24) is 25.5 Å². The third-order valence-electron chi connectivity index (χ3n) is 3.06. The highest BCUT2D eigenvalue weighted by molar-refractivity contribution is 5.80. The van der Waals surface area contributed by atoms with Gasteiger partial charge in [0, 0.05) is 11.6 Å². The van der Waals surface area contributed by atoms with E-state index in [9.17, 15) is 9.59 Å². The minimum atomic E-state index is -0.967. The Morgan fingerprint density at radius 3 is 2.59 bits per heavy atom. The topological polar surface area (TPSA) is 110 Å². The third kappa shape index (κ3) is 3.87. The maximum absolute atomic E-state index is 12.0. The molecule has 0 radical (unpaired) electrons. The summed E-state index contributed by atoms with van der Waals surface area (Å²) >= 11 is 0. The Bertz CT molecular complexity index is 656. The number of amides is 1. The molecule has 0 saturated carbocycles. The minimum Gasteiger partial charge on any atom is -0.481 e. The Morgan fingerprint density at radius 1 is 1.27 bits per heavy atom. The van der Waals surface area contributed by atoms with E-state index in [1.165, 1.54) is 4.80 Å². The SMILES string of the molecule is CC(CC(=O)O)NC(=O)C(C)n1nnc(-c2ccccc2)n1. The second-order valence-corrected chi connectivity index (χ2v) is 4.98. The Labute approximate surface area is 127 Å². The van der Waals surface area contributed by atoms with Crippen LogP contribution in [0, 0.1) is 0 Å². The summed E-state index contributed by atoms with van der Waals surface area (Å²) in [6, 6.07) is 8.15. The second kappa shape index (κ2) is 6.79. The molecule has 2 atom stereocenters. The van der Waals surface area contributed by atoms with E-state index in [-0.39, 0.29) is 12.3 Å². The molecule has 2 aromatic rings. The van der Waals surface area contributed by atoms with Crippen LogP contribution in [0.2, 0.25) is 0 Å². The summed E-state index contributed by atoms with van der Waals surface area (Å²) in [4.78, 5) is 23.9. The van der Waals surface area contributed by atoms with Crippen LogP contribution in [-0.4, -0.2) is 43.2 Å². The standard InChI is InChI=1S/C14H17N5O3/c1-9(8-12(20)21)15-14(22)10(2)19-17-13(16-18-19)11-6-4-3-5-7-11/h3-7,9-10H,8H2,1-2H3,(H,15,22)(H,20,21). The van der Waals surface area contributed by atoms with Crippen LogP contribution in [0.5, 0.6) is 0 Å². The molecule has 0 aliphatic heterocycles. The molecular formula is C14H17N5O3. The van der Waals surface area contributed by atoms with Crippen molar-refractivity contribution < 1.29 is 14.7 Å². The number of aliphatic carboxylic acids is 1. The minimum absolute atomic E-state index is 0.140. The van der Waals surface area contributed by atoms with Crippen LogP contribution in [-0.2, 0) is 9.59 Å². The van der Waals surface area contributed by atoms with Gasteiger partial charge in [-0.1, -0.05) is 30.3 Å². The fraction of sp³-hybridized carbons (Fsp3) is 0.357. The van der Waals surface area contributed by atoms with Gasteiger partial charge in [0.15, 0.2) is 0 Å². The van der Waals surface area contributed by atoms with Crippen molar-refractivity contribution in [3.8, 4) is 11.4 Å². The first kappa shape index (κ1) is 15.6. The molecule has 0 spiro atoms. The van der Waals surface area contributed by atoms with E-state index in [1.807, 2.05) is 30.3 Å². The highest BCUT2D eigenvalue weighted by atomic mass is 16.4. The van der Waals surface area contributed by atoms with Gasteiger partial charge in [0.05, 0.1) is 6.42 Å². The molecule has 2 N–H and O–H groups in total. The summed E-state index contributed by atoms with van der Waals surface area (Å²) in [6.07, 6.45) is -0.140. The summed E-state index contributed by atoms with van der Waals surface area (Å²) in [5.41, 5.74) is 0.806. The van der Waals surface area contributed by atoms with Crippen molar-refractivity contribution in [3.63, 3.8) is 0 Å². The fourth-order valence-corrected chi connectivity index (χ4v) is 1.87. The van der Waals surface area contributed by atoms with Crippen LogP contribution in [0.25, 0.3) is 11.4 Å². The number of carboxylic acid groups (broad SMARTS) is 1. The van der Waals surface area contributed by atoms with Gasteiger partial charge in [-0.2, -0.15) is 4.80 Å². The molecule has 1 amide bonds. The van der Waals surface area contributed by atoms with Crippen molar-refractivity contribution in [2.75, 3.05) is 0 Å². The lowest BCUT2D eigenvalue weighted by Crippen LogP contribution is -2.39. The van der Waals surface area contributed by atoms with Gasteiger partial charge in [-0.3, -0.25) is 9.59 Å². The van der Waals surface area contributed by atoms with E-state index in [2.05, 4.69) is 20.7 Å². The zero-order valence-electron chi connectivity index (χ0n) is 12.3. The zero-order valence-corrected chi connectivity index (χ0v) is 12.3. The molecule has 2 unspecified atom stereocenters. The molecule has 1 aromatic heterocycles. The third-order valence-corrected chi connectivity index (χ3v) is 3.06. The largest absolute Gasteiger partial charge is 0.481 e. The van der Waals surface area contributed by atoms with Gasteiger partial charge in [-0.25, -0.2) is 0 Å². The van der Waals surface area contributed by atoms with Crippen molar-refractivity contribution in [3.05, 3.63) is 30.3 Å². The zero-order chi connectivity index (χ0) is 16.1. The van der Waals surface area contributed by atoms with E-state index < -0.39 is 18.1 Å². The Balaban J connectivity index is 2.04. The van der Waals surface area contributed by atoms with Gasteiger partial charge in [-0.15, -0.1) is 10.2 Å². The first-order chi connectivity index (χ1) is 10.5. The first-order valence-electron chi connectivity index (χ1n) is 6.84. The van der Waals surface area contributed by atoms with Gasteiger partial charge in [0.2, 0.25) is 11.7 Å². The molecule has 2 rings (SSSR count). The predicted molar refractivity (Wildman–Crippen MR) is 77.8 cm³/mol. The summed E-state index contributed by atoms with van der Waals surface area (Å²) in [5.74, 6) is -0.893. The highest BCUT2D eigenvalue weighted by Gasteiger charge is 2.21. The molecule has 0 saturated heterocycles. The molecule has 8 heteroatoms. The average molecular weight is 303 g/mol. The average Bonchev–Trinajstić information content (AvgIpc) is 2.96. The summed E-state index contributed by atoms with van der Waals surface area (Å²) in [6.45, 7) is 3.25. The lowest BCUT2D eigenvalue weighted by molar-refractivity contribution is -0.137. The molecule has 8 nitrogen and oxygen atoms in total. The summed E-state index contributed by atoms with van der Waals surface area (Å²) in [7, 11) is 0. The molecule has 0 fully saturated rings. The smallest absolute Gasteiger partial charge is 0.305 e. The first-order valence-corrected chi connectivity index (χ1v) is 6.84. The van der Waals surface area contributed by atoms with Crippen LogP contribution in [0.1, 0.15) is 26.3 Å². The molecule has 1 heterocycles. The number of carbonyl (C=O) groups excluding carboxylic acids is 1. The van der Waals surface area contributed by atoms with Crippen molar-refractivity contribution in [2.24, 2.45) is 0 Å². The number of carboxylic acids is 1. The normalized spacial score (nSPS) is 13.4. The summed E-state index contributed by atoms with van der Waals surface area (Å²) in [5, 5.41) is 23.3. The number of hydrogen-bond acceptors (Lipinski definition) is 5. The van der Waals surface area contributed by atoms with Crippen LogP contribution >= 0.6 is 0 Å². The van der Waals surface area contributed by atoms with E-state index >= 15 is 0 Å². The van der Waals surface area contributed by atoms with Gasteiger partial charge >= 0.3 is 5.97 Å². The van der Waals surface area contributed by atoms with Crippen LogP contribution in [0.3, 0.4) is 0 Å². The molecule has 0 bridgehead atoms. The number of aromatic nitrogens is 4. The maximum atomic E-state index is 12.0. The van der Waals surface area contributed by atoms with Gasteiger partial charge in [-0.05, 0) is 19.1 Å². The van der Waals surface area contributed by atoms with E-state index in [0.717, 1.165) is 5.56 Å². The highest BCUT2D eigenvalue weighted by Crippen LogP contribution is 2.13. The monoisotopic (exact) mass is 303 g/mol.